The molecule has 0 radical (unpaired) electrons. The molecular weight excluding hydrogens is 204 g/mol. The van der Waals surface area contributed by atoms with E-state index in [9.17, 15) is 0 Å². The van der Waals surface area contributed by atoms with Crippen molar-refractivity contribution < 1.29 is 0 Å². The summed E-state index contributed by atoms with van der Waals surface area (Å²) in [6.07, 6.45) is 6.45. The second kappa shape index (κ2) is 7.04. The van der Waals surface area contributed by atoms with Gasteiger partial charge < -0.3 is 10.2 Å². The second-order valence-electron chi connectivity index (χ2n) is 4.42. The molecule has 1 rings (SSSR count). The van der Waals surface area contributed by atoms with E-state index >= 15 is 0 Å². The largest absolute Gasteiger partial charge is 0.363 e. The molecule has 0 spiro atoms. The Balaban J connectivity index is 2.32. The summed E-state index contributed by atoms with van der Waals surface area (Å²) < 4.78 is 0. The van der Waals surface area contributed by atoms with Crippen LogP contribution >= 0.6 is 12.2 Å². The van der Waals surface area contributed by atoms with Gasteiger partial charge in [0.25, 0.3) is 0 Å². The third-order valence-corrected chi connectivity index (χ3v) is 3.64. The maximum Gasteiger partial charge on any atom is 0.168 e. The van der Waals surface area contributed by atoms with E-state index in [0.717, 1.165) is 37.1 Å². The Morgan fingerprint density at radius 1 is 1.33 bits per heavy atom. The number of thiocarbonyl (C=S) groups is 1. The molecule has 0 aromatic carbocycles. The maximum atomic E-state index is 5.39. The average Bonchev–Trinajstić information content (AvgIpc) is 2.50. The molecule has 1 atom stereocenters. The smallest absolute Gasteiger partial charge is 0.168 e. The van der Waals surface area contributed by atoms with Crippen LogP contribution in [0.3, 0.4) is 0 Å². The second-order valence-corrected chi connectivity index (χ2v) is 4.81. The fraction of sp³-hybridized carbons (Fsp3) is 0.917. The van der Waals surface area contributed by atoms with Crippen LogP contribution in [0.15, 0.2) is 0 Å². The molecule has 0 saturated carbocycles. The van der Waals surface area contributed by atoms with Crippen LogP contribution in [0.2, 0.25) is 0 Å². The summed E-state index contributed by atoms with van der Waals surface area (Å²) in [6.45, 7) is 7.77. The highest BCUT2D eigenvalue weighted by atomic mass is 32.1. The SMILES string of the molecule is CCCNC(=S)N1CCCC(CC)CC1. The predicted molar refractivity (Wildman–Crippen MR) is 70.1 cm³/mol. The zero-order chi connectivity index (χ0) is 11.1. The minimum Gasteiger partial charge on any atom is -0.363 e. The standard InChI is InChI=1S/C12H24N2S/c1-3-8-13-12(15)14-9-5-6-11(4-2)7-10-14/h11H,3-10H2,1-2H3,(H,13,15). The summed E-state index contributed by atoms with van der Waals surface area (Å²) in [5.41, 5.74) is 0. The molecule has 0 aromatic heterocycles. The third-order valence-electron chi connectivity index (χ3n) is 3.24. The molecule has 0 bridgehead atoms. The van der Waals surface area contributed by atoms with Crippen molar-refractivity contribution in [3.63, 3.8) is 0 Å². The van der Waals surface area contributed by atoms with Crippen molar-refractivity contribution in [2.45, 2.75) is 46.0 Å². The maximum absolute atomic E-state index is 5.39. The van der Waals surface area contributed by atoms with Gasteiger partial charge in [0.05, 0.1) is 0 Å². The zero-order valence-corrected chi connectivity index (χ0v) is 10.9. The molecule has 1 aliphatic rings. The van der Waals surface area contributed by atoms with E-state index in [4.69, 9.17) is 12.2 Å². The van der Waals surface area contributed by atoms with E-state index in [1.165, 1.54) is 25.7 Å². The molecule has 0 aliphatic carbocycles. The molecule has 1 aliphatic heterocycles. The van der Waals surface area contributed by atoms with Crippen molar-refractivity contribution >= 4 is 17.3 Å². The molecule has 0 aromatic rings. The van der Waals surface area contributed by atoms with Crippen LogP contribution in [-0.4, -0.2) is 29.6 Å². The number of nitrogens with zero attached hydrogens (tertiary/aromatic N) is 1. The number of nitrogens with one attached hydrogen (secondary N) is 1. The van der Waals surface area contributed by atoms with Gasteiger partial charge >= 0.3 is 0 Å². The molecular formula is C12H24N2S. The van der Waals surface area contributed by atoms with Gasteiger partial charge in [-0.15, -0.1) is 0 Å². The van der Waals surface area contributed by atoms with Crippen LogP contribution in [0.4, 0.5) is 0 Å². The zero-order valence-electron chi connectivity index (χ0n) is 10.1. The lowest BCUT2D eigenvalue weighted by Gasteiger charge is -2.24. The van der Waals surface area contributed by atoms with E-state index in [0.29, 0.717) is 0 Å². The van der Waals surface area contributed by atoms with E-state index in [1.807, 2.05) is 0 Å². The van der Waals surface area contributed by atoms with Gasteiger partial charge in [-0.25, -0.2) is 0 Å². The Morgan fingerprint density at radius 2 is 2.13 bits per heavy atom. The first-order valence-corrected chi connectivity index (χ1v) is 6.71. The highest BCUT2D eigenvalue weighted by Crippen LogP contribution is 2.20. The fourth-order valence-corrected chi connectivity index (χ4v) is 2.41. The monoisotopic (exact) mass is 228 g/mol. The van der Waals surface area contributed by atoms with Crippen LogP contribution in [-0.2, 0) is 0 Å². The minimum atomic E-state index is 0.920. The van der Waals surface area contributed by atoms with Crippen molar-refractivity contribution in [2.24, 2.45) is 5.92 Å². The van der Waals surface area contributed by atoms with E-state index in [-0.39, 0.29) is 0 Å². The van der Waals surface area contributed by atoms with Crippen LogP contribution < -0.4 is 5.32 Å². The number of rotatable bonds is 3. The molecule has 2 nitrogen and oxygen atoms in total. The summed E-state index contributed by atoms with van der Waals surface area (Å²) in [7, 11) is 0. The summed E-state index contributed by atoms with van der Waals surface area (Å²) >= 11 is 5.39. The summed E-state index contributed by atoms with van der Waals surface area (Å²) in [5.74, 6) is 0.920. The normalized spacial score (nSPS) is 22.3. The Kier molecular flexibility index (Phi) is 5.99. The quantitative estimate of drug-likeness (QED) is 0.748. The molecule has 3 heteroatoms. The topological polar surface area (TPSA) is 15.3 Å². The molecule has 88 valence electrons. The van der Waals surface area contributed by atoms with Crippen LogP contribution in [0.1, 0.15) is 46.0 Å². The first-order valence-electron chi connectivity index (χ1n) is 6.30. The molecule has 15 heavy (non-hydrogen) atoms. The molecule has 1 fully saturated rings. The lowest BCUT2D eigenvalue weighted by atomic mass is 9.98. The summed E-state index contributed by atoms with van der Waals surface area (Å²) in [5, 5.41) is 4.29. The van der Waals surface area contributed by atoms with Gasteiger partial charge in [-0.05, 0) is 43.8 Å². The molecule has 0 amide bonds. The van der Waals surface area contributed by atoms with Crippen molar-refractivity contribution in [1.82, 2.24) is 10.2 Å². The number of hydrogen-bond donors (Lipinski definition) is 1. The van der Waals surface area contributed by atoms with Gasteiger partial charge in [0.1, 0.15) is 0 Å². The van der Waals surface area contributed by atoms with Crippen LogP contribution in [0.25, 0.3) is 0 Å². The third kappa shape index (κ3) is 4.37. The molecule has 1 unspecified atom stereocenters. The first-order chi connectivity index (χ1) is 7.27. The van der Waals surface area contributed by atoms with Gasteiger partial charge in [0.15, 0.2) is 5.11 Å². The fourth-order valence-electron chi connectivity index (χ4n) is 2.12. The van der Waals surface area contributed by atoms with E-state index in [1.54, 1.807) is 0 Å². The van der Waals surface area contributed by atoms with E-state index in [2.05, 4.69) is 24.1 Å². The highest BCUT2D eigenvalue weighted by molar-refractivity contribution is 7.80. The number of hydrogen-bond acceptors (Lipinski definition) is 1. The average molecular weight is 228 g/mol. The Morgan fingerprint density at radius 3 is 2.80 bits per heavy atom. The van der Waals surface area contributed by atoms with Crippen molar-refractivity contribution in [3.8, 4) is 0 Å². The Labute approximate surface area is 99.4 Å². The lowest BCUT2D eigenvalue weighted by Crippen LogP contribution is -2.40. The molecule has 1 N–H and O–H groups in total. The Hall–Kier alpha value is -0.310. The highest BCUT2D eigenvalue weighted by Gasteiger charge is 2.16. The van der Waals surface area contributed by atoms with Crippen LogP contribution in [0, 0.1) is 5.92 Å². The minimum absolute atomic E-state index is 0.920. The summed E-state index contributed by atoms with van der Waals surface area (Å²) in [4.78, 5) is 2.35. The number of likely N-dealkylation sites (tertiary alicyclic amines) is 1. The molecule has 1 heterocycles. The van der Waals surface area contributed by atoms with Crippen LogP contribution in [0.5, 0.6) is 0 Å². The van der Waals surface area contributed by atoms with Crippen molar-refractivity contribution in [1.29, 1.82) is 0 Å². The van der Waals surface area contributed by atoms with E-state index < -0.39 is 0 Å². The van der Waals surface area contributed by atoms with Gasteiger partial charge in [-0.1, -0.05) is 20.3 Å². The predicted octanol–water partition coefficient (Wildman–Crippen LogP) is 2.78. The summed E-state index contributed by atoms with van der Waals surface area (Å²) in [6, 6.07) is 0. The lowest BCUT2D eigenvalue weighted by molar-refractivity contribution is 0.407. The van der Waals surface area contributed by atoms with Gasteiger partial charge in [-0.3, -0.25) is 0 Å². The van der Waals surface area contributed by atoms with Crippen molar-refractivity contribution in [2.75, 3.05) is 19.6 Å². The van der Waals surface area contributed by atoms with Gasteiger partial charge in [0.2, 0.25) is 0 Å². The van der Waals surface area contributed by atoms with Crippen molar-refractivity contribution in [3.05, 3.63) is 0 Å². The molecule has 1 saturated heterocycles. The van der Waals surface area contributed by atoms with Gasteiger partial charge in [0, 0.05) is 19.6 Å². The Bertz CT molecular complexity index is 194. The first kappa shape index (κ1) is 12.8. The van der Waals surface area contributed by atoms with Gasteiger partial charge in [-0.2, -0.15) is 0 Å².